The second kappa shape index (κ2) is 6.84. The van der Waals surface area contributed by atoms with Crippen LogP contribution in [-0.4, -0.2) is 28.9 Å². The lowest BCUT2D eigenvalue weighted by Crippen LogP contribution is -2.16. The van der Waals surface area contributed by atoms with Gasteiger partial charge in [-0.1, -0.05) is 17.7 Å². The number of benzene rings is 1. The number of pyridine rings is 1. The van der Waals surface area contributed by atoms with Crippen LogP contribution in [0.5, 0.6) is 0 Å². The number of esters is 1. The number of amides is 1. The first kappa shape index (κ1) is 16.4. The molecule has 8 nitrogen and oxygen atoms in total. The van der Waals surface area contributed by atoms with Crippen LogP contribution in [0.3, 0.4) is 0 Å². The number of rotatable bonds is 4. The maximum Gasteiger partial charge on any atom is 0.356 e. The first-order chi connectivity index (χ1) is 10.9. The molecule has 0 aliphatic heterocycles. The fourth-order valence-electron chi connectivity index (χ4n) is 1.70. The molecule has 2 aromatic rings. The molecule has 23 heavy (non-hydrogen) atoms. The molecule has 9 heteroatoms. The molecule has 1 aromatic heterocycles. The highest BCUT2D eigenvalue weighted by atomic mass is 35.5. The Hall–Kier alpha value is -3.00. The fraction of sp³-hybridized carbons (Fsp3) is 0.0714. The summed E-state index contributed by atoms with van der Waals surface area (Å²) in [5.41, 5.74) is -0.218. The Morgan fingerprint density at radius 3 is 2.61 bits per heavy atom. The van der Waals surface area contributed by atoms with Gasteiger partial charge in [-0.15, -0.1) is 0 Å². The topological polar surface area (TPSA) is 111 Å². The van der Waals surface area contributed by atoms with Gasteiger partial charge in [0.25, 0.3) is 11.6 Å². The molecular weight excluding hydrogens is 326 g/mol. The van der Waals surface area contributed by atoms with Gasteiger partial charge in [-0.05, 0) is 24.3 Å². The number of nitrogens with one attached hydrogen (secondary N) is 1. The number of carbonyl (C=O) groups is 2. The maximum atomic E-state index is 12.1. The molecule has 0 fully saturated rings. The molecule has 2 rings (SSSR count). The Labute approximate surface area is 135 Å². The number of aromatic nitrogens is 1. The van der Waals surface area contributed by atoms with Crippen molar-refractivity contribution in [3.8, 4) is 0 Å². The van der Waals surface area contributed by atoms with Crippen molar-refractivity contribution in [2.24, 2.45) is 0 Å². The average molecular weight is 336 g/mol. The van der Waals surface area contributed by atoms with Crippen LogP contribution in [0.25, 0.3) is 0 Å². The summed E-state index contributed by atoms with van der Waals surface area (Å²) in [5.74, 6) is -1.31. The van der Waals surface area contributed by atoms with Crippen molar-refractivity contribution in [3.05, 3.63) is 62.9 Å². The first-order valence-corrected chi connectivity index (χ1v) is 6.61. The smallest absolute Gasteiger partial charge is 0.356 e. The molecule has 0 atom stereocenters. The molecule has 0 aliphatic rings. The largest absolute Gasteiger partial charge is 0.464 e. The van der Waals surface area contributed by atoms with E-state index in [9.17, 15) is 19.7 Å². The minimum atomic E-state index is -0.679. The zero-order valence-electron chi connectivity index (χ0n) is 11.8. The molecule has 0 unspecified atom stereocenters. The molecule has 1 amide bonds. The van der Waals surface area contributed by atoms with E-state index < -0.39 is 16.8 Å². The lowest BCUT2D eigenvalue weighted by atomic mass is 10.2. The Bertz CT molecular complexity index is 794. The monoisotopic (exact) mass is 335 g/mol. The maximum absolute atomic E-state index is 12.1. The van der Waals surface area contributed by atoms with E-state index in [1.807, 2.05) is 0 Å². The minimum Gasteiger partial charge on any atom is -0.464 e. The summed E-state index contributed by atoms with van der Waals surface area (Å²) in [6.45, 7) is 0. The molecule has 0 radical (unpaired) electrons. The zero-order chi connectivity index (χ0) is 17.0. The van der Waals surface area contributed by atoms with E-state index in [0.29, 0.717) is 0 Å². The third kappa shape index (κ3) is 3.80. The summed E-state index contributed by atoms with van der Waals surface area (Å²) in [5, 5.41) is 13.2. The number of anilines is 1. The van der Waals surface area contributed by atoms with E-state index in [0.717, 1.165) is 6.07 Å². The third-order valence-electron chi connectivity index (χ3n) is 2.78. The van der Waals surface area contributed by atoms with Crippen molar-refractivity contribution >= 4 is 34.9 Å². The summed E-state index contributed by atoms with van der Waals surface area (Å²) in [6, 6.07) is 8.11. The molecule has 0 spiro atoms. The van der Waals surface area contributed by atoms with E-state index in [4.69, 9.17) is 11.6 Å². The van der Waals surface area contributed by atoms with Gasteiger partial charge in [0.2, 0.25) is 0 Å². The Balaban J connectivity index is 2.24. The van der Waals surface area contributed by atoms with E-state index >= 15 is 0 Å². The van der Waals surface area contributed by atoms with Gasteiger partial charge in [-0.3, -0.25) is 14.9 Å². The summed E-state index contributed by atoms with van der Waals surface area (Å²) in [6.07, 6.45) is 0. The standard InChI is InChI=1S/C14H10ClN3O5/c1-23-14(20)11-4-2-3-10(17-11)13(19)16-8-5-6-9(15)12(7-8)18(21)22/h2-7H,1H3,(H,16,19). The third-order valence-corrected chi connectivity index (χ3v) is 3.10. The predicted octanol–water partition coefficient (Wildman–Crippen LogP) is 2.68. The van der Waals surface area contributed by atoms with Gasteiger partial charge in [0.05, 0.1) is 12.0 Å². The summed E-state index contributed by atoms with van der Waals surface area (Å²) < 4.78 is 4.52. The summed E-state index contributed by atoms with van der Waals surface area (Å²) in [4.78, 5) is 37.5. The first-order valence-electron chi connectivity index (χ1n) is 6.23. The van der Waals surface area contributed by atoms with Crippen molar-refractivity contribution in [1.82, 2.24) is 4.98 Å². The number of nitrogens with zero attached hydrogens (tertiary/aromatic N) is 2. The van der Waals surface area contributed by atoms with Gasteiger partial charge < -0.3 is 10.1 Å². The van der Waals surface area contributed by atoms with Crippen molar-refractivity contribution in [3.63, 3.8) is 0 Å². The van der Waals surface area contributed by atoms with Crippen LogP contribution in [0.2, 0.25) is 5.02 Å². The van der Waals surface area contributed by atoms with Crippen LogP contribution in [-0.2, 0) is 4.74 Å². The van der Waals surface area contributed by atoms with Crippen molar-refractivity contribution in [2.75, 3.05) is 12.4 Å². The highest BCUT2D eigenvalue weighted by Gasteiger charge is 2.16. The molecule has 1 aromatic carbocycles. The molecule has 1 heterocycles. The number of halogens is 1. The van der Waals surface area contributed by atoms with Crippen LogP contribution in [0.15, 0.2) is 36.4 Å². The second-order valence-corrected chi connectivity index (χ2v) is 4.68. The average Bonchev–Trinajstić information content (AvgIpc) is 2.55. The van der Waals surface area contributed by atoms with Crippen LogP contribution < -0.4 is 5.32 Å². The number of carbonyl (C=O) groups excluding carboxylic acids is 2. The number of nitro benzene ring substituents is 1. The lowest BCUT2D eigenvalue weighted by Gasteiger charge is -2.06. The second-order valence-electron chi connectivity index (χ2n) is 4.28. The van der Waals surface area contributed by atoms with E-state index in [1.54, 1.807) is 0 Å². The zero-order valence-corrected chi connectivity index (χ0v) is 12.5. The predicted molar refractivity (Wildman–Crippen MR) is 81.6 cm³/mol. The molecular formula is C14H10ClN3O5. The number of methoxy groups -OCH3 is 1. The lowest BCUT2D eigenvalue weighted by molar-refractivity contribution is -0.384. The van der Waals surface area contributed by atoms with Crippen LogP contribution in [0, 0.1) is 10.1 Å². The molecule has 0 bridgehead atoms. The molecule has 0 saturated carbocycles. The van der Waals surface area contributed by atoms with Gasteiger partial charge in [0.15, 0.2) is 0 Å². The van der Waals surface area contributed by atoms with Gasteiger partial charge in [-0.25, -0.2) is 9.78 Å². The van der Waals surface area contributed by atoms with E-state index in [-0.39, 0.29) is 27.8 Å². The van der Waals surface area contributed by atoms with Gasteiger partial charge in [0, 0.05) is 11.8 Å². The molecule has 118 valence electrons. The highest BCUT2D eigenvalue weighted by Crippen LogP contribution is 2.27. The van der Waals surface area contributed by atoms with E-state index in [1.165, 1.54) is 37.4 Å². The number of ether oxygens (including phenoxy) is 1. The Morgan fingerprint density at radius 2 is 1.96 bits per heavy atom. The SMILES string of the molecule is COC(=O)c1cccc(C(=O)Nc2ccc(Cl)c([N+](=O)[O-])c2)n1. The van der Waals surface area contributed by atoms with Gasteiger partial charge in [-0.2, -0.15) is 0 Å². The number of hydrogen-bond acceptors (Lipinski definition) is 6. The fourth-order valence-corrected chi connectivity index (χ4v) is 1.89. The number of hydrogen-bond donors (Lipinski definition) is 1. The van der Waals surface area contributed by atoms with Gasteiger partial charge >= 0.3 is 5.97 Å². The summed E-state index contributed by atoms with van der Waals surface area (Å²) >= 11 is 5.70. The molecule has 0 saturated heterocycles. The molecule has 0 aliphatic carbocycles. The van der Waals surface area contributed by atoms with Crippen LogP contribution in [0.1, 0.15) is 21.0 Å². The van der Waals surface area contributed by atoms with Gasteiger partial charge in [0.1, 0.15) is 16.4 Å². The molecule has 1 N–H and O–H groups in total. The van der Waals surface area contributed by atoms with E-state index in [2.05, 4.69) is 15.0 Å². The van der Waals surface area contributed by atoms with Crippen LogP contribution in [0.4, 0.5) is 11.4 Å². The van der Waals surface area contributed by atoms with Crippen molar-refractivity contribution < 1.29 is 19.2 Å². The summed E-state index contributed by atoms with van der Waals surface area (Å²) in [7, 11) is 1.20. The Kier molecular flexibility index (Phi) is 4.87. The van der Waals surface area contributed by atoms with Crippen molar-refractivity contribution in [2.45, 2.75) is 0 Å². The number of nitro groups is 1. The highest BCUT2D eigenvalue weighted by molar-refractivity contribution is 6.32. The van der Waals surface area contributed by atoms with Crippen molar-refractivity contribution in [1.29, 1.82) is 0 Å². The Morgan fingerprint density at radius 1 is 1.26 bits per heavy atom. The minimum absolute atomic E-state index is 0.0257. The quantitative estimate of drug-likeness (QED) is 0.522. The normalized spacial score (nSPS) is 10.0. The van der Waals surface area contributed by atoms with Crippen LogP contribution >= 0.6 is 11.6 Å².